The molecule has 15 heteroatoms. The number of anilines is 4. The van der Waals surface area contributed by atoms with Crippen LogP contribution in [0, 0.1) is 0 Å². The maximum absolute atomic E-state index is 11.4. The molecule has 3 rings (SSSR count). The maximum Gasteiger partial charge on any atom is 0.490 e. The number of carboxylic acid groups (broad SMARTS) is 1. The number of sulfonamides is 1. The van der Waals surface area contributed by atoms with E-state index in [-0.39, 0.29) is 12.3 Å². The number of nitrogens with two attached hydrogens (primary N) is 1. The molecule has 1 heterocycles. The predicted molar refractivity (Wildman–Crippen MR) is 118 cm³/mol. The summed E-state index contributed by atoms with van der Waals surface area (Å²) in [6.45, 7) is 0.402. The van der Waals surface area contributed by atoms with Gasteiger partial charge in [0.05, 0.1) is 11.9 Å². The van der Waals surface area contributed by atoms with E-state index in [1.165, 1.54) is 0 Å². The second kappa shape index (κ2) is 11.0. The summed E-state index contributed by atoms with van der Waals surface area (Å²) in [7, 11) is -3.36. The van der Waals surface area contributed by atoms with Crippen LogP contribution in [-0.4, -0.2) is 54.3 Å². The summed E-state index contributed by atoms with van der Waals surface area (Å²) in [6, 6.07) is 6.81. The number of carboxylic acids is 1. The second-order valence-corrected chi connectivity index (χ2v) is 9.05. The molecule has 1 aliphatic carbocycles. The molecule has 34 heavy (non-hydrogen) atoms. The number of benzene rings is 1. The van der Waals surface area contributed by atoms with Gasteiger partial charge in [0.25, 0.3) is 0 Å². The zero-order valence-electron chi connectivity index (χ0n) is 17.9. The molecule has 0 atom stereocenters. The molecule has 0 radical (unpaired) electrons. The van der Waals surface area contributed by atoms with E-state index in [1.54, 1.807) is 30.5 Å². The summed E-state index contributed by atoms with van der Waals surface area (Å²) in [5, 5.41) is 13.3. The molecule has 2 aromatic rings. The van der Waals surface area contributed by atoms with Gasteiger partial charge < -0.3 is 21.5 Å². The Hall–Kier alpha value is -3.62. The van der Waals surface area contributed by atoms with Crippen LogP contribution in [0.15, 0.2) is 30.5 Å². The molecule has 6 N–H and O–H groups in total. The number of amides is 1. The van der Waals surface area contributed by atoms with Crippen molar-refractivity contribution < 1.29 is 36.3 Å². The number of aromatic nitrogens is 2. The summed E-state index contributed by atoms with van der Waals surface area (Å²) in [6.07, 6.45) is 0.199. The lowest BCUT2D eigenvalue weighted by molar-refractivity contribution is -0.192. The van der Waals surface area contributed by atoms with E-state index >= 15 is 0 Å². The van der Waals surface area contributed by atoms with Gasteiger partial charge in [-0.2, -0.15) is 18.2 Å². The summed E-state index contributed by atoms with van der Waals surface area (Å²) in [4.78, 5) is 28.7. The van der Waals surface area contributed by atoms with Crippen molar-refractivity contribution in [1.29, 1.82) is 0 Å². The Bertz CT molecular complexity index is 1140. The van der Waals surface area contributed by atoms with Gasteiger partial charge in [-0.15, -0.1) is 0 Å². The fourth-order valence-corrected chi connectivity index (χ4v) is 3.15. The largest absolute Gasteiger partial charge is 0.490 e. The van der Waals surface area contributed by atoms with Crippen molar-refractivity contribution in [3.63, 3.8) is 0 Å². The Morgan fingerprint density at radius 2 is 1.85 bits per heavy atom. The summed E-state index contributed by atoms with van der Waals surface area (Å²) >= 11 is 0. The average Bonchev–Trinajstić information content (AvgIpc) is 3.52. The van der Waals surface area contributed by atoms with Gasteiger partial charge in [-0.25, -0.2) is 18.2 Å². The van der Waals surface area contributed by atoms with Crippen LogP contribution >= 0.6 is 0 Å². The number of nitrogens with one attached hydrogen (secondary N) is 3. The first-order chi connectivity index (χ1) is 15.7. The van der Waals surface area contributed by atoms with Gasteiger partial charge in [0, 0.05) is 30.4 Å². The number of halogens is 3. The first-order valence-electron chi connectivity index (χ1n) is 9.78. The zero-order chi connectivity index (χ0) is 25.5. The highest BCUT2D eigenvalue weighted by molar-refractivity contribution is 7.92. The number of primary amides is 1. The molecule has 1 aliphatic rings. The monoisotopic (exact) mass is 504 g/mol. The van der Waals surface area contributed by atoms with Crippen LogP contribution < -0.4 is 21.1 Å². The molecule has 0 aliphatic heterocycles. The van der Waals surface area contributed by atoms with Gasteiger partial charge in [-0.3, -0.25) is 9.52 Å². The van der Waals surface area contributed by atoms with Gasteiger partial charge in [0.2, 0.25) is 21.9 Å². The normalized spacial score (nSPS) is 13.3. The van der Waals surface area contributed by atoms with E-state index in [2.05, 4.69) is 25.3 Å². The number of hydrogen-bond donors (Lipinski definition) is 5. The number of hydrogen-bond acceptors (Lipinski definition) is 8. The van der Waals surface area contributed by atoms with E-state index in [0.717, 1.165) is 24.7 Å². The van der Waals surface area contributed by atoms with Crippen LogP contribution in [0.1, 0.15) is 30.7 Å². The number of carbonyl (C=O) groups excluding carboxylic acids is 1. The smallest absolute Gasteiger partial charge is 0.475 e. The van der Waals surface area contributed by atoms with E-state index < -0.39 is 22.2 Å². The second-order valence-electron chi connectivity index (χ2n) is 7.30. The van der Waals surface area contributed by atoms with Crippen LogP contribution in [0.2, 0.25) is 0 Å². The van der Waals surface area contributed by atoms with Crippen LogP contribution in [0.25, 0.3) is 0 Å². The molecule has 1 aromatic heterocycles. The van der Waals surface area contributed by atoms with Gasteiger partial charge in [-0.1, -0.05) is 6.07 Å². The Morgan fingerprint density at radius 1 is 1.24 bits per heavy atom. The van der Waals surface area contributed by atoms with Crippen LogP contribution in [0.4, 0.5) is 36.3 Å². The Labute approximate surface area is 193 Å². The predicted octanol–water partition coefficient (Wildman–Crippen LogP) is 2.39. The molecule has 0 bridgehead atoms. The molecular weight excluding hydrogens is 481 g/mol. The van der Waals surface area contributed by atoms with Gasteiger partial charge >= 0.3 is 12.1 Å². The number of rotatable bonds is 9. The third-order valence-corrected chi connectivity index (χ3v) is 4.77. The van der Waals surface area contributed by atoms with Crippen LogP contribution in [0.3, 0.4) is 0 Å². The van der Waals surface area contributed by atoms with Gasteiger partial charge in [0.1, 0.15) is 5.82 Å². The molecule has 1 amide bonds. The maximum atomic E-state index is 11.4. The fourth-order valence-electron chi connectivity index (χ4n) is 2.59. The number of aliphatic carboxylic acids is 1. The van der Waals surface area contributed by atoms with Crippen molar-refractivity contribution in [2.45, 2.75) is 31.4 Å². The van der Waals surface area contributed by atoms with Crippen LogP contribution in [-0.2, 0) is 19.6 Å². The third kappa shape index (κ3) is 9.48. The van der Waals surface area contributed by atoms with E-state index in [0.29, 0.717) is 35.6 Å². The van der Waals surface area contributed by atoms with Gasteiger partial charge in [-0.05, 0) is 37.0 Å². The highest BCUT2D eigenvalue weighted by Crippen LogP contribution is 2.42. The molecule has 0 spiro atoms. The number of carbonyl (C=O) groups is 2. The van der Waals surface area contributed by atoms with Crippen molar-refractivity contribution >= 4 is 45.0 Å². The summed E-state index contributed by atoms with van der Waals surface area (Å²) < 4.78 is 56.9. The van der Waals surface area contributed by atoms with Crippen LogP contribution in [0.5, 0.6) is 0 Å². The molecule has 1 fully saturated rings. The van der Waals surface area contributed by atoms with Crippen molar-refractivity contribution in [2.24, 2.45) is 5.73 Å². The lowest BCUT2D eigenvalue weighted by atomic mass is 10.2. The molecule has 0 saturated heterocycles. The average molecular weight is 504 g/mol. The quantitative estimate of drug-likeness (QED) is 0.343. The Balaban J connectivity index is 0.000000509. The van der Waals surface area contributed by atoms with Crippen molar-refractivity contribution in [1.82, 2.24) is 9.97 Å². The molecule has 186 valence electrons. The molecule has 1 saturated carbocycles. The molecule has 0 unspecified atom stereocenters. The zero-order valence-corrected chi connectivity index (χ0v) is 18.7. The molecular formula is C19H23F3N6O5S. The van der Waals surface area contributed by atoms with E-state index in [4.69, 9.17) is 15.6 Å². The minimum Gasteiger partial charge on any atom is -0.475 e. The fraction of sp³-hybridized carbons (Fsp3) is 0.368. The highest BCUT2D eigenvalue weighted by atomic mass is 32.2. The Kier molecular flexibility index (Phi) is 8.62. The van der Waals surface area contributed by atoms with Gasteiger partial charge in [0.15, 0.2) is 0 Å². The molecule has 1 aromatic carbocycles. The van der Waals surface area contributed by atoms with Crippen molar-refractivity contribution in [2.75, 3.05) is 28.2 Å². The summed E-state index contributed by atoms with van der Waals surface area (Å²) in [5.74, 6) is -1.64. The van der Waals surface area contributed by atoms with E-state index in [9.17, 15) is 26.4 Å². The number of alkyl halides is 3. The molecule has 11 nitrogen and oxygen atoms in total. The summed E-state index contributed by atoms with van der Waals surface area (Å²) in [5.41, 5.74) is 7.30. The standard InChI is InChI=1S/C17H22N6O3S.C2HF3O2/c1-27(25,26)23-13-4-2-3-12(9-13)21-17-20-10-14(11-5-6-11)16(22-17)19-8-7-15(18)24;3-2(4,5)1(6)7/h2-4,9-11,23H,5-8H2,1H3,(H2,18,24)(H2,19,20,21,22);(H,6,7). The lowest BCUT2D eigenvalue weighted by Gasteiger charge is -2.13. The lowest BCUT2D eigenvalue weighted by Crippen LogP contribution is -2.21. The van der Waals surface area contributed by atoms with Crippen molar-refractivity contribution in [3.05, 3.63) is 36.0 Å². The first kappa shape index (κ1) is 26.6. The minimum atomic E-state index is -5.08. The minimum absolute atomic E-state index is 0.218. The highest BCUT2D eigenvalue weighted by Gasteiger charge is 2.38. The van der Waals surface area contributed by atoms with E-state index in [1.807, 2.05) is 0 Å². The number of nitrogens with zero attached hydrogens (tertiary/aromatic N) is 2. The third-order valence-electron chi connectivity index (χ3n) is 4.16. The topological polar surface area (TPSA) is 176 Å². The van der Waals surface area contributed by atoms with Crippen molar-refractivity contribution in [3.8, 4) is 0 Å². The SMILES string of the molecule is CS(=O)(=O)Nc1cccc(Nc2ncc(C3CC3)c(NCCC(N)=O)n2)c1.O=C(O)C(F)(F)F. The first-order valence-corrected chi connectivity index (χ1v) is 11.7. The Morgan fingerprint density at radius 3 is 2.38 bits per heavy atom.